The van der Waals surface area contributed by atoms with E-state index in [1.54, 1.807) is 19.6 Å². The first kappa shape index (κ1) is 66.1. The third-order valence-corrected chi connectivity index (χ3v) is 11.1. The molecule has 0 spiro atoms. The number of rotatable bonds is 30. The molecule has 14 N–H and O–H groups in total. The summed E-state index contributed by atoms with van der Waals surface area (Å²) in [5.74, 6) is -9.64. The van der Waals surface area contributed by atoms with E-state index in [4.69, 9.17) is 0 Å². The second-order valence-corrected chi connectivity index (χ2v) is 19.8. The van der Waals surface area contributed by atoms with E-state index in [1.165, 1.54) is 0 Å². The zero-order valence-corrected chi connectivity index (χ0v) is 43.3. The van der Waals surface area contributed by atoms with Crippen LogP contribution in [0.1, 0.15) is 60.8 Å². The van der Waals surface area contributed by atoms with Gasteiger partial charge in [-0.15, -0.1) is 0 Å². The van der Waals surface area contributed by atoms with Crippen LogP contribution >= 0.6 is 0 Å². The van der Waals surface area contributed by atoms with Gasteiger partial charge in [0.1, 0.15) is 18.1 Å². The summed E-state index contributed by atoms with van der Waals surface area (Å²) in [6, 6.07) is -5.13. The largest absolute Gasteiger partial charge is 0.480 e. The Morgan fingerprint density at radius 1 is 0.432 bits per heavy atom. The first-order valence-corrected chi connectivity index (χ1v) is 24.2. The highest BCUT2D eigenvalue weighted by molar-refractivity contribution is 5.95. The second kappa shape index (κ2) is 33.8. The Labute approximate surface area is 430 Å². The van der Waals surface area contributed by atoms with Gasteiger partial charge < -0.3 is 73.2 Å². The van der Waals surface area contributed by atoms with E-state index in [0.29, 0.717) is 19.3 Å². The van der Waals surface area contributed by atoms with E-state index in [2.05, 4.69) is 42.5 Å². The van der Waals surface area contributed by atoms with Crippen LogP contribution in [0.3, 0.4) is 0 Å². The number of Topliss-reactive ketones (excluding diaryl/α,β-unsaturated/α-hetero) is 1. The summed E-state index contributed by atoms with van der Waals surface area (Å²) >= 11 is 0. The van der Waals surface area contributed by atoms with Crippen LogP contribution in [0.2, 0.25) is 0 Å². The van der Waals surface area contributed by atoms with Crippen molar-refractivity contribution in [2.75, 3.05) is 125 Å². The number of amides is 7. The number of nitrogens with one attached hydrogen (secondary N) is 8. The molecule has 1 aliphatic heterocycles. The van der Waals surface area contributed by atoms with Gasteiger partial charge in [-0.25, -0.2) is 0 Å². The number of hydrogen-bond donors (Lipinski definition) is 14. The highest BCUT2D eigenvalue weighted by atomic mass is 16.4. The molecule has 1 rings (SSSR count). The lowest BCUT2D eigenvalue weighted by Gasteiger charge is -2.33. The number of carboxylic acids is 3. The molecule has 29 nitrogen and oxygen atoms in total. The number of aliphatic hydroxyl groups is 3. The van der Waals surface area contributed by atoms with Gasteiger partial charge in [0, 0.05) is 69.9 Å². The molecule has 0 bridgehead atoms. The van der Waals surface area contributed by atoms with Crippen molar-refractivity contribution in [1.29, 1.82) is 0 Å². The van der Waals surface area contributed by atoms with Crippen LogP contribution in [0.4, 0.5) is 0 Å². The van der Waals surface area contributed by atoms with Gasteiger partial charge in [0.25, 0.3) is 0 Å². The summed E-state index contributed by atoms with van der Waals surface area (Å²) in [6.07, 6.45) is 1.74. The number of carbonyl (C=O) groups excluding carboxylic acids is 8. The fourth-order valence-electron chi connectivity index (χ4n) is 7.25. The predicted molar refractivity (Wildman–Crippen MR) is 263 cm³/mol. The Balaban J connectivity index is 2.66. The number of nitrogens with zero attached hydrogens (tertiary/aromatic N) is 4. The Bertz CT molecular complexity index is 1860. The number of hydrogen-bond acceptors (Lipinski definition) is 19. The van der Waals surface area contributed by atoms with E-state index in [0.717, 1.165) is 0 Å². The molecule has 0 saturated carbocycles. The van der Waals surface area contributed by atoms with Gasteiger partial charge >= 0.3 is 17.9 Å². The van der Waals surface area contributed by atoms with Gasteiger partial charge in [-0.2, -0.15) is 0 Å². The van der Waals surface area contributed by atoms with E-state index >= 15 is 0 Å². The van der Waals surface area contributed by atoms with Crippen molar-refractivity contribution >= 4 is 65.0 Å². The highest BCUT2D eigenvalue weighted by Crippen LogP contribution is 2.21. The standard InChI is InChI=1S/C45H80N12O17/c1-44(2,3)40(71)29(53-45(4,5)6)9-7-8-10-46-33(61)19-47-41(72)30(26-58)50-34(62)20-48-42(73)31(27-59)51-35(63)21-49-43(74)32(28-60)52-36(64)22-54-11-13-55(23-37(65)66)15-17-57(25-39(69)70)18-16-56(14-12-54)24-38(67)68/h29-32,53,58-60H,7-28H2,1-6H3,(H,46,61)(H,47,72)(H,48,73)(H,49,74)(H,50,62)(H,51,63)(H,52,64)(H,65,66)(H,67,68)(H,69,70)/t29-,30+,31+,32+/m1/s1. The number of carboxylic acid groups (broad SMARTS) is 3. The van der Waals surface area contributed by atoms with Gasteiger partial charge in [-0.1, -0.05) is 20.8 Å². The minimum absolute atomic E-state index is 0.0792. The van der Waals surface area contributed by atoms with Gasteiger partial charge in [-0.05, 0) is 40.0 Å². The Hall–Kier alpha value is -5.95. The lowest BCUT2D eigenvalue weighted by Crippen LogP contribution is -2.56. The minimum atomic E-state index is -1.65. The maximum Gasteiger partial charge on any atom is 0.317 e. The van der Waals surface area contributed by atoms with Crippen molar-refractivity contribution in [1.82, 2.24) is 62.1 Å². The Morgan fingerprint density at radius 2 is 0.757 bits per heavy atom. The van der Waals surface area contributed by atoms with E-state index in [1.807, 2.05) is 41.5 Å². The normalized spacial score (nSPS) is 16.3. The van der Waals surface area contributed by atoms with Crippen LogP contribution in [-0.2, 0) is 52.7 Å². The molecule has 0 aromatic carbocycles. The smallest absolute Gasteiger partial charge is 0.317 e. The molecule has 29 heteroatoms. The summed E-state index contributed by atoms with van der Waals surface area (Å²) in [4.78, 5) is 143. The molecular formula is C45H80N12O17. The zero-order chi connectivity index (χ0) is 56.2. The SMILES string of the molecule is CC(C)(C)N[C@H](CCCCNC(=O)CNC(=O)[C@H](CO)NC(=O)CNC(=O)[C@H](CO)NC(=O)CNC(=O)[C@H](CO)NC(=O)CN1CCN(CC(=O)O)CCN(CC(=O)O)CCN(CC(=O)O)CC1)C(=O)C(C)(C)C. The van der Waals surface area contributed by atoms with Crippen LogP contribution in [0.25, 0.3) is 0 Å². The first-order valence-electron chi connectivity index (χ1n) is 24.2. The summed E-state index contributed by atoms with van der Waals surface area (Å²) in [7, 11) is 0. The summed E-state index contributed by atoms with van der Waals surface area (Å²) in [5.41, 5.74) is -0.827. The quantitative estimate of drug-likeness (QED) is 0.0297. The summed E-state index contributed by atoms with van der Waals surface area (Å²) in [6.45, 7) is 6.33. The number of aliphatic carboxylic acids is 3. The molecule has 1 aliphatic rings. The Morgan fingerprint density at radius 3 is 1.07 bits per heavy atom. The first-order chi connectivity index (χ1) is 34.6. The molecule has 1 fully saturated rings. The molecule has 7 amide bonds. The van der Waals surface area contributed by atoms with Gasteiger partial charge in [0.2, 0.25) is 41.4 Å². The van der Waals surface area contributed by atoms with Crippen molar-refractivity contribution in [2.24, 2.45) is 5.41 Å². The number of carbonyl (C=O) groups is 11. The van der Waals surface area contributed by atoms with Crippen molar-refractivity contribution in [3.63, 3.8) is 0 Å². The molecule has 0 radical (unpaired) electrons. The topological polar surface area (TPSA) is 418 Å². The van der Waals surface area contributed by atoms with Gasteiger partial charge in [0.15, 0.2) is 5.78 Å². The average molecular weight is 1060 g/mol. The second-order valence-electron chi connectivity index (χ2n) is 19.8. The molecule has 0 aliphatic carbocycles. The molecule has 74 heavy (non-hydrogen) atoms. The van der Waals surface area contributed by atoms with Gasteiger partial charge in [0.05, 0.1) is 71.7 Å². The molecule has 0 aromatic heterocycles. The molecule has 422 valence electrons. The van der Waals surface area contributed by atoms with Crippen LogP contribution in [-0.4, -0.2) is 270 Å². The highest BCUT2D eigenvalue weighted by Gasteiger charge is 2.32. The lowest BCUT2D eigenvalue weighted by molar-refractivity contribution is -0.140. The van der Waals surface area contributed by atoms with Crippen LogP contribution in [0, 0.1) is 5.41 Å². The lowest BCUT2D eigenvalue weighted by atomic mass is 9.84. The monoisotopic (exact) mass is 1060 g/mol. The van der Waals surface area contributed by atoms with E-state index in [-0.39, 0.29) is 82.8 Å². The maximum absolute atomic E-state index is 13.2. The van der Waals surface area contributed by atoms with Crippen molar-refractivity contribution in [3.05, 3.63) is 0 Å². The van der Waals surface area contributed by atoms with Crippen LogP contribution in [0.15, 0.2) is 0 Å². The van der Waals surface area contributed by atoms with Crippen LogP contribution in [0.5, 0.6) is 0 Å². The molecular weight excluding hydrogens is 981 g/mol. The third kappa shape index (κ3) is 29.1. The summed E-state index contributed by atoms with van der Waals surface area (Å²) in [5, 5.41) is 76.9. The van der Waals surface area contributed by atoms with E-state index < -0.39 is 142 Å². The predicted octanol–water partition coefficient (Wildman–Crippen LogP) is -7.10. The fourth-order valence-corrected chi connectivity index (χ4v) is 7.25. The van der Waals surface area contributed by atoms with Crippen LogP contribution < -0.4 is 42.5 Å². The molecule has 1 saturated heterocycles. The third-order valence-electron chi connectivity index (χ3n) is 11.1. The van der Waals surface area contributed by atoms with Gasteiger partial charge in [-0.3, -0.25) is 72.3 Å². The molecule has 4 atom stereocenters. The number of ketones is 1. The Kier molecular flexibility index (Phi) is 30.2. The molecule has 0 unspecified atom stereocenters. The minimum Gasteiger partial charge on any atom is -0.480 e. The molecule has 1 heterocycles. The molecule has 0 aromatic rings. The van der Waals surface area contributed by atoms with Crippen molar-refractivity contribution < 1.29 is 83.4 Å². The van der Waals surface area contributed by atoms with Crippen molar-refractivity contribution in [3.8, 4) is 0 Å². The van der Waals surface area contributed by atoms with Crippen molar-refractivity contribution in [2.45, 2.75) is 90.5 Å². The zero-order valence-electron chi connectivity index (χ0n) is 43.3. The fraction of sp³-hybridized carbons (Fsp3) is 0.756. The van der Waals surface area contributed by atoms with E-state index in [9.17, 15) is 83.4 Å². The average Bonchev–Trinajstić information content (AvgIpc) is 3.30. The number of aliphatic hydroxyl groups excluding tert-OH is 3. The maximum atomic E-state index is 13.2. The summed E-state index contributed by atoms with van der Waals surface area (Å²) < 4.78 is 0. The number of unbranched alkanes of at least 4 members (excludes halogenated alkanes) is 1.